The van der Waals surface area contributed by atoms with Crippen LogP contribution in [0.5, 0.6) is 0 Å². The van der Waals surface area contributed by atoms with E-state index in [4.69, 9.17) is 0 Å². The Balaban J connectivity index is 2.25. The second-order valence-corrected chi connectivity index (χ2v) is 7.04. The molecule has 0 amide bonds. The maximum Gasteiger partial charge on any atom is 0.175 e. The molecular weight excluding hydrogens is 234 g/mol. The topological polar surface area (TPSA) is 46.2 Å². The largest absolute Gasteiger partial charge is 0.382 e. The predicted molar refractivity (Wildman–Crippen MR) is 70.1 cm³/mol. The number of nitrogens with one attached hydrogen (secondary N) is 1. The lowest BCUT2D eigenvalue weighted by Gasteiger charge is -2.17. The first kappa shape index (κ1) is 12.4. The molecule has 1 aliphatic rings. The molecule has 4 heteroatoms. The molecule has 1 fully saturated rings. The highest BCUT2D eigenvalue weighted by atomic mass is 32.2. The molecule has 0 saturated heterocycles. The number of hydrogen-bond donors (Lipinski definition) is 1. The molecule has 2 rings (SSSR count). The minimum absolute atomic E-state index is 0.383. The van der Waals surface area contributed by atoms with Gasteiger partial charge in [0.1, 0.15) is 0 Å². The van der Waals surface area contributed by atoms with Crippen LogP contribution in [-0.2, 0) is 9.84 Å². The van der Waals surface area contributed by atoms with Crippen LogP contribution >= 0.6 is 0 Å². The maximum absolute atomic E-state index is 11.5. The van der Waals surface area contributed by atoms with Crippen LogP contribution in [0.3, 0.4) is 0 Å². The fourth-order valence-electron chi connectivity index (χ4n) is 1.95. The van der Waals surface area contributed by atoms with Gasteiger partial charge in [-0.1, -0.05) is 6.07 Å². The van der Waals surface area contributed by atoms with Crippen LogP contribution < -0.4 is 5.32 Å². The van der Waals surface area contributed by atoms with Crippen molar-refractivity contribution in [3.05, 3.63) is 23.8 Å². The first-order valence-corrected chi connectivity index (χ1v) is 7.84. The van der Waals surface area contributed by atoms with Gasteiger partial charge in [0, 0.05) is 18.0 Å². The third-order valence-electron chi connectivity index (χ3n) is 3.35. The van der Waals surface area contributed by atoms with E-state index >= 15 is 0 Å². The van der Waals surface area contributed by atoms with Gasteiger partial charge in [-0.05, 0) is 50.3 Å². The lowest BCUT2D eigenvalue weighted by atomic mass is 10.1. The maximum atomic E-state index is 11.5. The van der Waals surface area contributed by atoms with Crippen molar-refractivity contribution < 1.29 is 8.42 Å². The van der Waals surface area contributed by atoms with E-state index in [1.165, 1.54) is 19.1 Å². The van der Waals surface area contributed by atoms with E-state index in [0.29, 0.717) is 10.9 Å². The molecule has 1 aromatic rings. The van der Waals surface area contributed by atoms with Crippen molar-refractivity contribution in [2.24, 2.45) is 5.92 Å². The van der Waals surface area contributed by atoms with E-state index in [-0.39, 0.29) is 0 Å². The summed E-state index contributed by atoms with van der Waals surface area (Å²) in [5.74, 6) is 0.747. The Morgan fingerprint density at radius 1 is 1.35 bits per heavy atom. The number of aryl methyl sites for hydroxylation is 1. The number of sulfone groups is 1. The van der Waals surface area contributed by atoms with Crippen LogP contribution in [-0.4, -0.2) is 20.7 Å². The summed E-state index contributed by atoms with van der Waals surface area (Å²) in [4.78, 5) is 0.383. The van der Waals surface area contributed by atoms with Crippen molar-refractivity contribution in [2.45, 2.75) is 37.6 Å². The number of anilines is 1. The van der Waals surface area contributed by atoms with Gasteiger partial charge < -0.3 is 5.32 Å². The summed E-state index contributed by atoms with van der Waals surface area (Å²) in [5, 5.41) is 3.42. The monoisotopic (exact) mass is 253 g/mol. The Kier molecular flexibility index (Phi) is 3.17. The van der Waals surface area contributed by atoms with E-state index in [2.05, 4.69) is 12.2 Å². The second kappa shape index (κ2) is 4.33. The fraction of sp³-hybridized carbons (Fsp3) is 0.538. The van der Waals surface area contributed by atoms with Crippen molar-refractivity contribution in [1.82, 2.24) is 0 Å². The Morgan fingerprint density at radius 2 is 2.00 bits per heavy atom. The number of rotatable bonds is 4. The van der Waals surface area contributed by atoms with E-state index < -0.39 is 9.84 Å². The first-order valence-electron chi connectivity index (χ1n) is 5.95. The Hall–Kier alpha value is -1.03. The molecule has 0 heterocycles. The quantitative estimate of drug-likeness (QED) is 0.897. The Labute approximate surface area is 103 Å². The third-order valence-corrected chi connectivity index (χ3v) is 4.46. The molecule has 1 N–H and O–H groups in total. The van der Waals surface area contributed by atoms with Crippen LogP contribution in [0.25, 0.3) is 0 Å². The molecule has 0 aromatic heterocycles. The summed E-state index contributed by atoms with van der Waals surface area (Å²) >= 11 is 0. The van der Waals surface area contributed by atoms with Crippen molar-refractivity contribution in [3.63, 3.8) is 0 Å². The number of hydrogen-bond acceptors (Lipinski definition) is 3. The van der Waals surface area contributed by atoms with Crippen LogP contribution in [0.15, 0.2) is 23.1 Å². The van der Waals surface area contributed by atoms with Gasteiger partial charge in [-0.15, -0.1) is 0 Å². The predicted octanol–water partition coefficient (Wildman–Crippen LogP) is 2.61. The average molecular weight is 253 g/mol. The normalized spacial score (nSPS) is 17.8. The van der Waals surface area contributed by atoms with E-state index in [1.807, 2.05) is 13.0 Å². The Bertz CT molecular complexity index is 518. The molecular formula is C13H19NO2S. The molecule has 0 radical (unpaired) electrons. The minimum atomic E-state index is -3.12. The molecule has 3 nitrogen and oxygen atoms in total. The van der Waals surface area contributed by atoms with Gasteiger partial charge >= 0.3 is 0 Å². The Morgan fingerprint density at radius 3 is 2.53 bits per heavy atom. The summed E-state index contributed by atoms with van der Waals surface area (Å²) < 4.78 is 23.0. The molecule has 0 spiro atoms. The first-order chi connectivity index (χ1) is 7.88. The van der Waals surface area contributed by atoms with E-state index in [1.54, 1.807) is 12.1 Å². The molecule has 94 valence electrons. The van der Waals surface area contributed by atoms with Gasteiger partial charge in [0.05, 0.1) is 4.90 Å². The van der Waals surface area contributed by atoms with Crippen LogP contribution in [0.2, 0.25) is 0 Å². The molecule has 1 unspecified atom stereocenters. The molecule has 0 bridgehead atoms. The molecule has 1 saturated carbocycles. The van der Waals surface area contributed by atoms with Crippen molar-refractivity contribution in [1.29, 1.82) is 0 Å². The van der Waals surface area contributed by atoms with Crippen molar-refractivity contribution in [3.8, 4) is 0 Å². The highest BCUT2D eigenvalue weighted by molar-refractivity contribution is 7.90. The zero-order valence-corrected chi connectivity index (χ0v) is 11.3. The van der Waals surface area contributed by atoms with E-state index in [0.717, 1.165) is 17.2 Å². The molecule has 0 aliphatic heterocycles. The minimum Gasteiger partial charge on any atom is -0.382 e. The van der Waals surface area contributed by atoms with Crippen LogP contribution in [0.1, 0.15) is 25.3 Å². The zero-order valence-electron chi connectivity index (χ0n) is 10.5. The average Bonchev–Trinajstić information content (AvgIpc) is 3.02. The summed E-state index contributed by atoms with van der Waals surface area (Å²) in [6.45, 7) is 4.15. The van der Waals surface area contributed by atoms with Gasteiger partial charge in [0.25, 0.3) is 0 Å². The molecule has 1 aliphatic carbocycles. The van der Waals surface area contributed by atoms with Crippen molar-refractivity contribution in [2.75, 3.05) is 11.6 Å². The SMILES string of the molecule is Cc1ccc(S(C)(=O)=O)cc1NC(C)C1CC1. The van der Waals surface area contributed by atoms with Gasteiger partial charge in [0.2, 0.25) is 0 Å². The zero-order chi connectivity index (χ0) is 12.6. The number of benzene rings is 1. The van der Waals surface area contributed by atoms with Crippen molar-refractivity contribution >= 4 is 15.5 Å². The molecule has 1 aromatic carbocycles. The van der Waals surface area contributed by atoms with Gasteiger partial charge in [-0.2, -0.15) is 0 Å². The summed E-state index contributed by atoms with van der Waals surface area (Å²) in [7, 11) is -3.12. The van der Waals surface area contributed by atoms with E-state index in [9.17, 15) is 8.42 Å². The van der Waals surface area contributed by atoms with Crippen LogP contribution in [0, 0.1) is 12.8 Å². The van der Waals surface area contributed by atoms with Crippen LogP contribution in [0.4, 0.5) is 5.69 Å². The highest BCUT2D eigenvalue weighted by Crippen LogP contribution is 2.34. The summed E-state index contributed by atoms with van der Waals surface area (Å²) in [6.07, 6.45) is 3.80. The highest BCUT2D eigenvalue weighted by Gasteiger charge is 2.28. The summed E-state index contributed by atoms with van der Waals surface area (Å²) in [5.41, 5.74) is 2.03. The molecule has 1 atom stereocenters. The third kappa shape index (κ3) is 3.00. The van der Waals surface area contributed by atoms with Gasteiger partial charge in [-0.3, -0.25) is 0 Å². The lowest BCUT2D eigenvalue weighted by Crippen LogP contribution is -2.18. The summed E-state index contributed by atoms with van der Waals surface area (Å²) in [6, 6.07) is 5.68. The van der Waals surface area contributed by atoms with Gasteiger partial charge in [-0.25, -0.2) is 8.42 Å². The smallest absolute Gasteiger partial charge is 0.175 e. The second-order valence-electron chi connectivity index (χ2n) is 5.02. The van der Waals surface area contributed by atoms with Gasteiger partial charge in [0.15, 0.2) is 9.84 Å². The standard InChI is InChI=1S/C13H19NO2S/c1-9-4-7-12(17(3,15)16)8-13(9)14-10(2)11-5-6-11/h4,7-8,10-11,14H,5-6H2,1-3H3. The molecule has 17 heavy (non-hydrogen) atoms. The lowest BCUT2D eigenvalue weighted by molar-refractivity contribution is 0.602. The fourth-order valence-corrected chi connectivity index (χ4v) is 2.59.